The van der Waals surface area contributed by atoms with E-state index in [1.807, 2.05) is 6.07 Å². The summed E-state index contributed by atoms with van der Waals surface area (Å²) in [5, 5.41) is 11.2. The number of piperazine rings is 1. The van der Waals surface area contributed by atoms with Crippen molar-refractivity contribution in [3.8, 4) is 0 Å². The lowest BCUT2D eigenvalue weighted by Crippen LogP contribution is -2.47. The largest absolute Gasteiger partial charge is 0.368 e. The number of benzene rings is 1. The summed E-state index contributed by atoms with van der Waals surface area (Å²) in [6, 6.07) is 10.1. The van der Waals surface area contributed by atoms with Crippen LogP contribution in [0.3, 0.4) is 0 Å². The Bertz CT molecular complexity index is 740. The van der Waals surface area contributed by atoms with Crippen LogP contribution in [0.2, 0.25) is 0 Å². The summed E-state index contributed by atoms with van der Waals surface area (Å²) < 4.78 is 13.1. The SMILES string of the molecule is CC(C)CCNC(=O)c1ccc(N2CCN(c3ccc(F)cc3)CC2)nn1. The number of carbonyl (C=O) groups is 1. The minimum atomic E-state index is -0.221. The highest BCUT2D eigenvalue weighted by Crippen LogP contribution is 2.19. The molecule has 2 aromatic rings. The molecule has 0 bridgehead atoms. The van der Waals surface area contributed by atoms with Crippen LogP contribution >= 0.6 is 0 Å². The molecule has 1 fully saturated rings. The van der Waals surface area contributed by atoms with E-state index < -0.39 is 0 Å². The summed E-state index contributed by atoms with van der Waals surface area (Å²) in [7, 11) is 0. The van der Waals surface area contributed by atoms with E-state index in [0.717, 1.165) is 44.1 Å². The Morgan fingerprint density at radius 2 is 1.70 bits per heavy atom. The van der Waals surface area contributed by atoms with Crippen molar-refractivity contribution in [3.05, 3.63) is 47.9 Å². The van der Waals surface area contributed by atoms with Crippen LogP contribution in [0.4, 0.5) is 15.9 Å². The van der Waals surface area contributed by atoms with Gasteiger partial charge in [-0.1, -0.05) is 13.8 Å². The van der Waals surface area contributed by atoms with Crippen LogP contribution in [0, 0.1) is 11.7 Å². The average Bonchev–Trinajstić information content (AvgIpc) is 2.68. The molecule has 2 heterocycles. The molecule has 1 aliphatic heterocycles. The Balaban J connectivity index is 1.52. The zero-order valence-electron chi connectivity index (χ0n) is 15.9. The van der Waals surface area contributed by atoms with Gasteiger partial charge in [-0.05, 0) is 48.7 Å². The molecule has 7 heteroatoms. The molecule has 1 aromatic heterocycles. The number of amides is 1. The fourth-order valence-electron chi connectivity index (χ4n) is 3.03. The minimum Gasteiger partial charge on any atom is -0.368 e. The first-order chi connectivity index (χ1) is 13.0. The summed E-state index contributed by atoms with van der Waals surface area (Å²) in [5.74, 6) is 0.914. The summed E-state index contributed by atoms with van der Waals surface area (Å²) >= 11 is 0. The van der Waals surface area contributed by atoms with Gasteiger partial charge >= 0.3 is 0 Å². The quantitative estimate of drug-likeness (QED) is 0.846. The van der Waals surface area contributed by atoms with Gasteiger partial charge in [-0.3, -0.25) is 4.79 Å². The monoisotopic (exact) mass is 371 g/mol. The molecule has 0 radical (unpaired) electrons. The van der Waals surface area contributed by atoms with Crippen molar-refractivity contribution < 1.29 is 9.18 Å². The molecular weight excluding hydrogens is 345 g/mol. The maximum Gasteiger partial charge on any atom is 0.271 e. The second-order valence-corrected chi connectivity index (χ2v) is 7.17. The number of halogens is 1. The molecule has 1 aliphatic rings. The summed E-state index contributed by atoms with van der Waals surface area (Å²) in [6.45, 7) is 8.13. The average molecular weight is 371 g/mol. The van der Waals surface area contributed by atoms with Gasteiger partial charge in [0.05, 0.1) is 0 Å². The van der Waals surface area contributed by atoms with Crippen molar-refractivity contribution in [2.24, 2.45) is 5.92 Å². The van der Waals surface area contributed by atoms with Gasteiger partial charge in [0.15, 0.2) is 11.5 Å². The Kier molecular flexibility index (Phi) is 6.21. The number of anilines is 2. The first-order valence-corrected chi connectivity index (χ1v) is 9.40. The number of aromatic nitrogens is 2. The Morgan fingerprint density at radius 1 is 1.04 bits per heavy atom. The standard InChI is InChI=1S/C20H26FN5O/c1-15(2)9-10-22-20(27)18-7-8-19(24-23-18)26-13-11-25(12-14-26)17-5-3-16(21)4-6-17/h3-8,15H,9-14H2,1-2H3,(H,22,27). The highest BCUT2D eigenvalue weighted by Gasteiger charge is 2.19. The molecule has 1 aromatic carbocycles. The van der Waals surface area contributed by atoms with Gasteiger partial charge in [0, 0.05) is 38.4 Å². The van der Waals surface area contributed by atoms with Crippen molar-refractivity contribution in [2.45, 2.75) is 20.3 Å². The van der Waals surface area contributed by atoms with Crippen LogP contribution in [0.5, 0.6) is 0 Å². The topological polar surface area (TPSA) is 61.4 Å². The predicted molar refractivity (Wildman–Crippen MR) is 105 cm³/mol. The number of hydrogen-bond acceptors (Lipinski definition) is 5. The van der Waals surface area contributed by atoms with E-state index in [2.05, 4.69) is 39.2 Å². The second-order valence-electron chi connectivity index (χ2n) is 7.17. The van der Waals surface area contributed by atoms with Crippen molar-refractivity contribution in [2.75, 3.05) is 42.5 Å². The maximum absolute atomic E-state index is 13.1. The van der Waals surface area contributed by atoms with Crippen LogP contribution in [0.25, 0.3) is 0 Å². The van der Waals surface area contributed by atoms with Crippen LogP contribution in [-0.2, 0) is 0 Å². The van der Waals surface area contributed by atoms with E-state index >= 15 is 0 Å². The van der Waals surface area contributed by atoms with Gasteiger partial charge in [0.25, 0.3) is 5.91 Å². The highest BCUT2D eigenvalue weighted by atomic mass is 19.1. The molecule has 0 saturated carbocycles. The lowest BCUT2D eigenvalue weighted by molar-refractivity contribution is 0.0946. The molecule has 27 heavy (non-hydrogen) atoms. The number of carbonyl (C=O) groups excluding carboxylic acids is 1. The number of hydrogen-bond donors (Lipinski definition) is 1. The van der Waals surface area contributed by atoms with Crippen LogP contribution in [0.15, 0.2) is 36.4 Å². The van der Waals surface area contributed by atoms with Crippen LogP contribution < -0.4 is 15.1 Å². The van der Waals surface area contributed by atoms with Gasteiger partial charge in [-0.25, -0.2) is 4.39 Å². The lowest BCUT2D eigenvalue weighted by atomic mass is 10.1. The summed E-state index contributed by atoms with van der Waals surface area (Å²) in [5.41, 5.74) is 1.36. The summed E-state index contributed by atoms with van der Waals surface area (Å²) in [6.07, 6.45) is 0.940. The predicted octanol–water partition coefficient (Wildman–Crippen LogP) is 2.72. The minimum absolute atomic E-state index is 0.184. The van der Waals surface area contributed by atoms with E-state index in [4.69, 9.17) is 0 Å². The van der Waals surface area contributed by atoms with Gasteiger partial charge in [0.2, 0.25) is 0 Å². The third kappa shape index (κ3) is 5.15. The van der Waals surface area contributed by atoms with Crippen molar-refractivity contribution in [1.82, 2.24) is 15.5 Å². The van der Waals surface area contributed by atoms with Crippen LogP contribution in [-0.4, -0.2) is 48.8 Å². The molecule has 6 nitrogen and oxygen atoms in total. The molecule has 0 atom stereocenters. The molecule has 1 saturated heterocycles. The van der Waals surface area contributed by atoms with Crippen LogP contribution in [0.1, 0.15) is 30.8 Å². The number of nitrogens with zero attached hydrogens (tertiary/aromatic N) is 4. The smallest absolute Gasteiger partial charge is 0.271 e. The first-order valence-electron chi connectivity index (χ1n) is 9.40. The molecule has 144 valence electrons. The number of nitrogens with one attached hydrogen (secondary N) is 1. The van der Waals surface area contributed by atoms with Crippen molar-refractivity contribution in [1.29, 1.82) is 0 Å². The molecule has 1 N–H and O–H groups in total. The van der Waals surface area contributed by atoms with Gasteiger partial charge < -0.3 is 15.1 Å². The lowest BCUT2D eigenvalue weighted by Gasteiger charge is -2.36. The van der Waals surface area contributed by atoms with Gasteiger partial charge in [-0.2, -0.15) is 0 Å². The van der Waals surface area contributed by atoms with E-state index in [0.29, 0.717) is 18.2 Å². The Morgan fingerprint density at radius 3 is 2.30 bits per heavy atom. The first kappa shape index (κ1) is 19.1. The highest BCUT2D eigenvalue weighted by molar-refractivity contribution is 5.92. The molecule has 1 amide bonds. The zero-order chi connectivity index (χ0) is 19.2. The third-order valence-electron chi connectivity index (χ3n) is 4.69. The van der Waals surface area contributed by atoms with Crippen molar-refractivity contribution >= 4 is 17.4 Å². The fourth-order valence-corrected chi connectivity index (χ4v) is 3.03. The van der Waals surface area contributed by atoms with E-state index in [1.165, 1.54) is 12.1 Å². The third-order valence-corrected chi connectivity index (χ3v) is 4.69. The number of rotatable bonds is 6. The maximum atomic E-state index is 13.1. The van der Waals surface area contributed by atoms with E-state index in [9.17, 15) is 9.18 Å². The molecule has 0 aliphatic carbocycles. The molecular formula is C20H26FN5O. The molecule has 0 spiro atoms. The Labute approximate surface area is 159 Å². The van der Waals surface area contributed by atoms with E-state index in [-0.39, 0.29) is 11.7 Å². The zero-order valence-corrected chi connectivity index (χ0v) is 15.9. The fraction of sp³-hybridized carbons (Fsp3) is 0.450. The van der Waals surface area contributed by atoms with Crippen molar-refractivity contribution in [3.63, 3.8) is 0 Å². The molecule has 0 unspecified atom stereocenters. The summed E-state index contributed by atoms with van der Waals surface area (Å²) in [4.78, 5) is 16.4. The second kappa shape index (κ2) is 8.79. The normalized spacial score (nSPS) is 14.5. The molecule has 3 rings (SSSR count). The van der Waals surface area contributed by atoms with E-state index in [1.54, 1.807) is 18.2 Å². The Hall–Kier alpha value is -2.70. The van der Waals surface area contributed by atoms with Gasteiger partial charge in [0.1, 0.15) is 5.82 Å². The van der Waals surface area contributed by atoms with Gasteiger partial charge in [-0.15, -0.1) is 10.2 Å².